The van der Waals surface area contributed by atoms with E-state index in [2.05, 4.69) is 19.8 Å². The Morgan fingerprint density at radius 3 is 2.75 bits per heavy atom. The molecule has 0 spiro atoms. The van der Waals surface area contributed by atoms with Crippen LogP contribution >= 0.6 is 0 Å². The Bertz CT molecular complexity index is 815. The predicted molar refractivity (Wildman–Crippen MR) is 107 cm³/mol. The van der Waals surface area contributed by atoms with Gasteiger partial charge >= 0.3 is 0 Å². The third-order valence-corrected chi connectivity index (χ3v) is 8.01. The fourth-order valence-electron chi connectivity index (χ4n) is 6.22. The lowest BCUT2D eigenvalue weighted by atomic mass is 9.52. The van der Waals surface area contributed by atoms with Crippen LogP contribution in [0.25, 0.3) is 0 Å². The second-order valence-corrected chi connectivity index (χ2v) is 9.25. The first-order chi connectivity index (χ1) is 13.3. The lowest BCUT2D eigenvalue weighted by molar-refractivity contribution is -0.120. The summed E-state index contributed by atoms with van der Waals surface area (Å²) >= 11 is 0. The van der Waals surface area contributed by atoms with Crippen molar-refractivity contribution in [2.75, 3.05) is 6.61 Å². The van der Waals surface area contributed by atoms with Gasteiger partial charge in [0.1, 0.15) is 11.3 Å². The van der Waals surface area contributed by atoms with Crippen molar-refractivity contribution in [1.82, 2.24) is 0 Å². The molecule has 4 rings (SSSR count). The average Bonchev–Trinajstić information content (AvgIpc) is 2.94. The molecule has 0 bridgehead atoms. The Morgan fingerprint density at radius 1 is 1.25 bits per heavy atom. The molecule has 0 saturated heterocycles. The average molecular weight is 387 g/mol. The van der Waals surface area contributed by atoms with E-state index in [-0.39, 0.29) is 17.6 Å². The van der Waals surface area contributed by atoms with Crippen molar-refractivity contribution in [3.63, 3.8) is 0 Å². The minimum Gasteiger partial charge on any atom is -0.504 e. The maximum Gasteiger partial charge on any atom is 0.161 e. The van der Waals surface area contributed by atoms with Crippen LogP contribution in [0.1, 0.15) is 69.9 Å². The molecule has 3 aliphatic rings. The van der Waals surface area contributed by atoms with E-state index in [9.17, 15) is 10.2 Å². The number of aromatic hydroxyl groups is 1. The third-order valence-electron chi connectivity index (χ3n) is 8.01. The Labute approximate surface area is 167 Å². The Balaban J connectivity index is 1.70. The van der Waals surface area contributed by atoms with Gasteiger partial charge in [-0.2, -0.15) is 0 Å². The zero-order valence-electron chi connectivity index (χ0n) is 16.9. The van der Waals surface area contributed by atoms with Gasteiger partial charge in [0, 0.05) is 11.3 Å². The van der Waals surface area contributed by atoms with E-state index in [1.165, 1.54) is 0 Å². The molecule has 4 heteroatoms. The van der Waals surface area contributed by atoms with E-state index in [1.54, 1.807) is 12.1 Å². The van der Waals surface area contributed by atoms with Gasteiger partial charge in [0.05, 0.1) is 6.61 Å². The summed E-state index contributed by atoms with van der Waals surface area (Å²) < 4.78 is 22.3. The van der Waals surface area contributed by atoms with E-state index >= 15 is 4.39 Å². The molecule has 0 amide bonds. The second-order valence-electron chi connectivity index (χ2n) is 9.25. The molecular weight excluding hydrogens is 355 g/mol. The summed E-state index contributed by atoms with van der Waals surface area (Å²) in [5, 5.41) is 21.3. The van der Waals surface area contributed by atoms with Crippen molar-refractivity contribution >= 4 is 0 Å². The SMILES string of the molecule is C#C[C@]1(O)CC[C@H]2[C@@H]3CCc4cc(O)c(OCCCC)cc4[C@@]3(F)CC[C@@]21C. The number of phenols is 1. The zero-order valence-corrected chi connectivity index (χ0v) is 16.9. The van der Waals surface area contributed by atoms with Crippen LogP contribution in [0, 0.1) is 29.6 Å². The maximum atomic E-state index is 16.6. The van der Waals surface area contributed by atoms with Crippen molar-refractivity contribution in [1.29, 1.82) is 0 Å². The topological polar surface area (TPSA) is 49.7 Å². The molecule has 3 nitrogen and oxygen atoms in total. The molecule has 5 atom stereocenters. The molecule has 3 aliphatic carbocycles. The van der Waals surface area contributed by atoms with E-state index in [0.717, 1.165) is 37.7 Å². The summed E-state index contributed by atoms with van der Waals surface area (Å²) in [5.74, 6) is 3.02. The summed E-state index contributed by atoms with van der Waals surface area (Å²) in [6, 6.07) is 3.42. The first-order valence-corrected chi connectivity index (χ1v) is 10.7. The molecule has 0 unspecified atom stereocenters. The Morgan fingerprint density at radius 2 is 2.04 bits per heavy atom. The summed E-state index contributed by atoms with van der Waals surface area (Å²) in [7, 11) is 0. The van der Waals surface area contributed by atoms with E-state index in [0.29, 0.717) is 37.2 Å². The van der Waals surface area contributed by atoms with Gasteiger partial charge in [0.15, 0.2) is 11.5 Å². The normalized spacial score (nSPS) is 38.8. The number of hydrogen-bond donors (Lipinski definition) is 2. The minimum atomic E-state index is -1.45. The molecule has 152 valence electrons. The minimum absolute atomic E-state index is 0.0683. The van der Waals surface area contributed by atoms with Crippen LogP contribution in [0.4, 0.5) is 4.39 Å². The summed E-state index contributed by atoms with van der Waals surface area (Å²) in [6.07, 6.45) is 11.3. The first-order valence-electron chi connectivity index (χ1n) is 10.7. The van der Waals surface area contributed by atoms with E-state index in [4.69, 9.17) is 11.2 Å². The molecule has 0 aliphatic heterocycles. The summed E-state index contributed by atoms with van der Waals surface area (Å²) in [6.45, 7) is 4.65. The van der Waals surface area contributed by atoms with Gasteiger partial charge in [-0.25, -0.2) is 4.39 Å². The first kappa shape index (κ1) is 19.6. The number of halogens is 1. The van der Waals surface area contributed by atoms with Crippen molar-refractivity contribution in [2.45, 2.75) is 76.5 Å². The molecule has 2 fully saturated rings. The molecular formula is C24H31FO3. The largest absolute Gasteiger partial charge is 0.504 e. The lowest BCUT2D eigenvalue weighted by Gasteiger charge is -2.54. The highest BCUT2D eigenvalue weighted by molar-refractivity contribution is 5.50. The number of phenolic OH excluding ortho intramolecular Hbond substituents is 1. The molecule has 1 aromatic rings. The second kappa shape index (κ2) is 6.66. The third kappa shape index (κ3) is 2.59. The van der Waals surface area contributed by atoms with Crippen molar-refractivity contribution in [2.24, 2.45) is 17.3 Å². The molecule has 0 heterocycles. The smallest absolute Gasteiger partial charge is 0.161 e. The summed E-state index contributed by atoms with van der Waals surface area (Å²) in [5.41, 5.74) is -1.47. The highest BCUT2D eigenvalue weighted by Gasteiger charge is 2.65. The van der Waals surface area contributed by atoms with Gasteiger partial charge < -0.3 is 14.9 Å². The fourth-order valence-corrected chi connectivity index (χ4v) is 6.22. The standard InChI is InChI=1S/C24H31FO3/c1-4-6-13-28-21-15-19-16(14-20(21)26)7-8-18-17-9-10-23(27,5-2)22(17,3)11-12-24(18,19)25/h2,14-15,17-18,26-27H,4,6-13H2,1,3H3/t17-,18-,22-,23-,24+/m0/s1. The highest BCUT2D eigenvalue weighted by Crippen LogP contribution is 2.66. The van der Waals surface area contributed by atoms with Crippen molar-refractivity contribution < 1.29 is 19.3 Å². The number of ether oxygens (including phenoxy) is 1. The number of benzene rings is 1. The zero-order chi connectivity index (χ0) is 20.2. The maximum absolute atomic E-state index is 16.6. The van der Waals surface area contributed by atoms with Gasteiger partial charge in [-0.05, 0) is 74.1 Å². The van der Waals surface area contributed by atoms with Crippen molar-refractivity contribution in [3.05, 3.63) is 23.3 Å². The van der Waals surface area contributed by atoms with Gasteiger partial charge in [0.25, 0.3) is 0 Å². The van der Waals surface area contributed by atoms with Crippen LogP contribution < -0.4 is 4.74 Å². The number of fused-ring (bicyclic) bond motifs is 5. The van der Waals surface area contributed by atoms with Crippen LogP contribution in [0.3, 0.4) is 0 Å². The van der Waals surface area contributed by atoms with E-state index in [1.807, 2.05) is 0 Å². The van der Waals surface area contributed by atoms with Gasteiger partial charge in [-0.3, -0.25) is 0 Å². The Kier molecular flexibility index (Phi) is 4.66. The lowest BCUT2D eigenvalue weighted by Crippen LogP contribution is -2.54. The number of aryl methyl sites for hydroxylation is 1. The van der Waals surface area contributed by atoms with Crippen LogP contribution in [-0.4, -0.2) is 22.4 Å². The number of alkyl halides is 1. The van der Waals surface area contributed by atoms with Crippen LogP contribution in [0.15, 0.2) is 12.1 Å². The van der Waals surface area contributed by atoms with Crippen LogP contribution in [-0.2, 0) is 12.1 Å². The highest BCUT2D eigenvalue weighted by atomic mass is 19.1. The van der Waals surface area contributed by atoms with Gasteiger partial charge in [0.2, 0.25) is 0 Å². The number of unbranched alkanes of at least 4 members (excludes halogenated alkanes) is 1. The van der Waals surface area contributed by atoms with Crippen molar-refractivity contribution in [3.8, 4) is 23.8 Å². The van der Waals surface area contributed by atoms with Gasteiger partial charge in [-0.1, -0.05) is 26.2 Å². The monoisotopic (exact) mass is 386 g/mol. The number of aliphatic hydroxyl groups is 1. The molecule has 2 N–H and O–H groups in total. The molecule has 28 heavy (non-hydrogen) atoms. The summed E-state index contributed by atoms with van der Waals surface area (Å²) in [4.78, 5) is 0. The number of terminal acetylenes is 1. The quantitative estimate of drug-likeness (QED) is 0.573. The van der Waals surface area contributed by atoms with E-state index < -0.39 is 16.7 Å². The number of rotatable bonds is 4. The Hall–Kier alpha value is -1.73. The van der Waals surface area contributed by atoms with Gasteiger partial charge in [-0.15, -0.1) is 6.42 Å². The van der Waals surface area contributed by atoms with Crippen LogP contribution in [0.2, 0.25) is 0 Å². The van der Waals surface area contributed by atoms with Crippen LogP contribution in [0.5, 0.6) is 11.5 Å². The molecule has 1 aromatic carbocycles. The molecule has 0 aromatic heterocycles. The molecule has 2 saturated carbocycles. The number of hydrogen-bond acceptors (Lipinski definition) is 3. The molecule has 0 radical (unpaired) electrons. The predicted octanol–water partition coefficient (Wildman–Crippen LogP) is 4.87. The fraction of sp³-hybridized carbons (Fsp3) is 0.667.